The quantitative estimate of drug-likeness (QED) is 0.521. The van der Waals surface area contributed by atoms with E-state index in [4.69, 9.17) is 4.74 Å². The summed E-state index contributed by atoms with van der Waals surface area (Å²) in [6.07, 6.45) is 1.67. The fourth-order valence-electron chi connectivity index (χ4n) is 2.68. The van der Waals surface area contributed by atoms with Gasteiger partial charge in [-0.05, 0) is 34.5 Å². The van der Waals surface area contributed by atoms with Crippen molar-refractivity contribution in [1.29, 1.82) is 0 Å². The second-order valence-electron chi connectivity index (χ2n) is 5.38. The predicted octanol–water partition coefficient (Wildman–Crippen LogP) is 4.32. The Labute approximate surface area is 137 Å². The third-order valence-electron chi connectivity index (χ3n) is 3.84. The van der Waals surface area contributed by atoms with Crippen LogP contribution in [0.3, 0.4) is 0 Å². The van der Waals surface area contributed by atoms with E-state index in [9.17, 15) is 9.18 Å². The largest absolute Gasteiger partial charge is 0.402 e. The van der Waals surface area contributed by atoms with E-state index in [1.165, 1.54) is 12.1 Å². The summed E-state index contributed by atoms with van der Waals surface area (Å²) in [6, 6.07) is 19.8. The molecule has 1 aliphatic rings. The fourth-order valence-corrected chi connectivity index (χ4v) is 2.68. The topological polar surface area (TPSA) is 38.7 Å². The van der Waals surface area contributed by atoms with Gasteiger partial charge in [-0.1, -0.05) is 54.6 Å². The average Bonchev–Trinajstić information content (AvgIpc) is 2.96. The molecule has 0 saturated carbocycles. The molecule has 0 bridgehead atoms. The summed E-state index contributed by atoms with van der Waals surface area (Å²) in [5.74, 6) is -1.07. The van der Waals surface area contributed by atoms with Crippen molar-refractivity contribution in [3.8, 4) is 0 Å². The van der Waals surface area contributed by atoms with Gasteiger partial charge in [0.25, 0.3) is 0 Å². The highest BCUT2D eigenvalue weighted by molar-refractivity contribution is 6.13. The highest BCUT2D eigenvalue weighted by Crippen LogP contribution is 2.24. The number of halogens is 1. The van der Waals surface area contributed by atoms with Crippen LogP contribution in [0.1, 0.15) is 11.1 Å². The van der Waals surface area contributed by atoms with Crippen molar-refractivity contribution in [2.24, 2.45) is 4.99 Å². The van der Waals surface area contributed by atoms with Crippen molar-refractivity contribution in [3.63, 3.8) is 0 Å². The predicted molar refractivity (Wildman–Crippen MR) is 91.0 cm³/mol. The van der Waals surface area contributed by atoms with Crippen molar-refractivity contribution in [1.82, 2.24) is 0 Å². The zero-order valence-electron chi connectivity index (χ0n) is 12.6. The Morgan fingerprint density at radius 3 is 2.54 bits per heavy atom. The highest BCUT2D eigenvalue weighted by atomic mass is 19.1. The van der Waals surface area contributed by atoms with Gasteiger partial charge in [-0.3, -0.25) is 0 Å². The number of fused-ring (bicyclic) bond motifs is 1. The Bertz CT molecular complexity index is 1020. The Hall–Kier alpha value is -3.27. The van der Waals surface area contributed by atoms with E-state index in [-0.39, 0.29) is 17.2 Å². The molecule has 116 valence electrons. The standard InChI is InChI=1S/C20H12FNO2/c21-17-11-4-3-10-16(17)19-22-18(20(23)24-19)12-14-8-5-7-13-6-1-2-9-15(13)14/h1-12H/b18-12-. The van der Waals surface area contributed by atoms with Crippen molar-refractivity contribution >= 4 is 28.7 Å². The number of carbonyl (C=O) groups excluding carboxylic acids is 1. The van der Waals surface area contributed by atoms with E-state index in [0.29, 0.717) is 0 Å². The molecule has 0 radical (unpaired) electrons. The monoisotopic (exact) mass is 317 g/mol. The summed E-state index contributed by atoms with van der Waals surface area (Å²) in [7, 11) is 0. The zero-order chi connectivity index (χ0) is 16.5. The minimum absolute atomic E-state index is 0.00964. The number of cyclic esters (lactones) is 1. The van der Waals surface area contributed by atoms with Gasteiger partial charge in [-0.15, -0.1) is 0 Å². The molecular formula is C20H12FNO2. The van der Waals surface area contributed by atoms with Crippen LogP contribution in [0, 0.1) is 5.82 Å². The zero-order valence-corrected chi connectivity index (χ0v) is 12.6. The van der Waals surface area contributed by atoms with Gasteiger partial charge in [0.1, 0.15) is 5.82 Å². The van der Waals surface area contributed by atoms with E-state index >= 15 is 0 Å². The van der Waals surface area contributed by atoms with E-state index in [0.717, 1.165) is 16.3 Å². The first kappa shape index (κ1) is 14.3. The molecule has 0 unspecified atom stereocenters. The first-order valence-corrected chi connectivity index (χ1v) is 7.47. The molecule has 0 saturated heterocycles. The number of carbonyl (C=O) groups is 1. The van der Waals surface area contributed by atoms with Crippen LogP contribution in [0.4, 0.5) is 4.39 Å². The van der Waals surface area contributed by atoms with E-state index < -0.39 is 11.8 Å². The molecular weight excluding hydrogens is 305 g/mol. The minimum Gasteiger partial charge on any atom is -0.402 e. The lowest BCUT2D eigenvalue weighted by atomic mass is 10.0. The summed E-state index contributed by atoms with van der Waals surface area (Å²) in [6.45, 7) is 0. The van der Waals surface area contributed by atoms with E-state index in [1.54, 1.807) is 18.2 Å². The van der Waals surface area contributed by atoms with Crippen molar-refractivity contribution in [3.05, 3.63) is 89.4 Å². The Morgan fingerprint density at radius 1 is 0.917 bits per heavy atom. The Balaban J connectivity index is 1.80. The molecule has 0 atom stereocenters. The number of benzene rings is 3. The van der Waals surface area contributed by atoms with Crippen LogP contribution in [-0.2, 0) is 9.53 Å². The molecule has 4 heteroatoms. The van der Waals surface area contributed by atoms with Crippen LogP contribution in [-0.4, -0.2) is 11.9 Å². The molecule has 3 aromatic carbocycles. The number of nitrogens with zero attached hydrogens (tertiary/aromatic N) is 1. The van der Waals surface area contributed by atoms with E-state index in [1.807, 2.05) is 42.5 Å². The third kappa shape index (κ3) is 2.48. The van der Waals surface area contributed by atoms with Gasteiger partial charge in [0, 0.05) is 0 Å². The molecule has 0 aliphatic carbocycles. The molecule has 1 heterocycles. The maximum Gasteiger partial charge on any atom is 0.363 e. The molecule has 0 N–H and O–H groups in total. The number of ether oxygens (including phenoxy) is 1. The number of hydrogen-bond acceptors (Lipinski definition) is 3. The van der Waals surface area contributed by atoms with Crippen LogP contribution in [0.25, 0.3) is 16.8 Å². The Morgan fingerprint density at radius 2 is 1.67 bits per heavy atom. The highest BCUT2D eigenvalue weighted by Gasteiger charge is 2.25. The molecule has 24 heavy (non-hydrogen) atoms. The second kappa shape index (κ2) is 5.74. The normalized spacial score (nSPS) is 15.6. The molecule has 4 rings (SSSR count). The van der Waals surface area contributed by atoms with Crippen LogP contribution < -0.4 is 0 Å². The lowest BCUT2D eigenvalue weighted by Gasteiger charge is -2.01. The van der Waals surface area contributed by atoms with E-state index in [2.05, 4.69) is 4.99 Å². The van der Waals surface area contributed by atoms with Crippen LogP contribution in [0.2, 0.25) is 0 Å². The van der Waals surface area contributed by atoms with Crippen LogP contribution in [0.15, 0.2) is 77.4 Å². The van der Waals surface area contributed by atoms with Crippen molar-refractivity contribution in [2.75, 3.05) is 0 Å². The third-order valence-corrected chi connectivity index (χ3v) is 3.84. The number of rotatable bonds is 2. The van der Waals surface area contributed by atoms with Gasteiger partial charge in [0.15, 0.2) is 5.70 Å². The summed E-state index contributed by atoms with van der Waals surface area (Å²) < 4.78 is 19.0. The first-order chi connectivity index (χ1) is 11.7. The van der Waals surface area contributed by atoms with Gasteiger partial charge in [0.05, 0.1) is 5.56 Å². The SMILES string of the molecule is O=C1OC(c2ccccc2F)=N/C1=C\c1cccc2ccccc12. The number of esters is 1. The van der Waals surface area contributed by atoms with Crippen LogP contribution >= 0.6 is 0 Å². The Kier molecular flexibility index (Phi) is 3.43. The molecule has 0 spiro atoms. The number of hydrogen-bond donors (Lipinski definition) is 0. The molecule has 3 nitrogen and oxygen atoms in total. The molecule has 1 aliphatic heterocycles. The average molecular weight is 317 g/mol. The summed E-state index contributed by atoms with van der Waals surface area (Å²) in [5, 5.41) is 2.08. The van der Waals surface area contributed by atoms with Crippen LogP contribution in [0.5, 0.6) is 0 Å². The maximum atomic E-state index is 13.8. The number of aliphatic imine (C=N–C) groups is 1. The molecule has 0 aromatic heterocycles. The maximum absolute atomic E-state index is 13.8. The van der Waals surface area contributed by atoms with Gasteiger partial charge < -0.3 is 4.74 Å². The second-order valence-corrected chi connectivity index (χ2v) is 5.38. The van der Waals surface area contributed by atoms with Crippen molar-refractivity contribution < 1.29 is 13.9 Å². The van der Waals surface area contributed by atoms with Gasteiger partial charge in [-0.2, -0.15) is 0 Å². The van der Waals surface area contributed by atoms with Crippen molar-refractivity contribution in [2.45, 2.75) is 0 Å². The first-order valence-electron chi connectivity index (χ1n) is 7.47. The molecule has 0 fully saturated rings. The fraction of sp³-hybridized carbons (Fsp3) is 0. The lowest BCUT2D eigenvalue weighted by Crippen LogP contribution is -2.07. The minimum atomic E-state index is -0.582. The molecule has 3 aromatic rings. The lowest BCUT2D eigenvalue weighted by molar-refractivity contribution is -0.129. The summed E-state index contributed by atoms with van der Waals surface area (Å²) in [5.41, 5.74) is 1.19. The van der Waals surface area contributed by atoms with Gasteiger partial charge in [-0.25, -0.2) is 14.2 Å². The smallest absolute Gasteiger partial charge is 0.363 e. The van der Waals surface area contributed by atoms with Gasteiger partial charge >= 0.3 is 5.97 Å². The summed E-state index contributed by atoms with van der Waals surface area (Å²) >= 11 is 0. The van der Waals surface area contributed by atoms with Gasteiger partial charge in [0.2, 0.25) is 5.90 Å². The molecule has 0 amide bonds. The summed E-state index contributed by atoms with van der Waals surface area (Å²) in [4.78, 5) is 16.3.